The van der Waals surface area contributed by atoms with E-state index in [1.807, 2.05) is 0 Å². The fourth-order valence-electron chi connectivity index (χ4n) is 5.02. The van der Waals surface area contributed by atoms with Gasteiger partial charge in [0.25, 0.3) is 5.56 Å². The fourth-order valence-corrected chi connectivity index (χ4v) is 5.02. The smallest absolute Gasteiger partial charge is 0.322 e. The molecule has 4 rings (SSSR count). The Bertz CT molecular complexity index is 1170. The molecule has 12 heteroatoms. The highest BCUT2D eigenvalue weighted by atomic mass is 19.4. The van der Waals surface area contributed by atoms with E-state index < -0.39 is 47.5 Å². The molecule has 4 unspecified atom stereocenters. The Hall–Kier alpha value is -2.08. The van der Waals surface area contributed by atoms with Crippen LogP contribution in [0.5, 0.6) is 0 Å². The van der Waals surface area contributed by atoms with E-state index in [1.165, 1.54) is 16.4 Å². The van der Waals surface area contributed by atoms with Gasteiger partial charge in [-0.3, -0.25) is 19.2 Å². The zero-order valence-corrected chi connectivity index (χ0v) is 17.5. The third kappa shape index (κ3) is 3.42. The number of nitrogens with zero attached hydrogens (tertiary/aromatic N) is 2. The minimum Gasteiger partial charge on any atom is -0.322 e. The molecule has 0 bridgehead atoms. The summed E-state index contributed by atoms with van der Waals surface area (Å²) >= 11 is 0. The highest BCUT2D eigenvalue weighted by molar-refractivity contribution is 5.62. The average Bonchev–Trinajstić information content (AvgIpc) is 3.41. The van der Waals surface area contributed by atoms with Crippen LogP contribution in [0.15, 0.2) is 9.59 Å². The van der Waals surface area contributed by atoms with Gasteiger partial charge in [-0.1, -0.05) is 0 Å². The van der Waals surface area contributed by atoms with Gasteiger partial charge in [0.15, 0.2) is 0 Å². The Kier molecular flexibility index (Phi) is 5.39. The summed E-state index contributed by atoms with van der Waals surface area (Å²) in [7, 11) is 0. The van der Waals surface area contributed by atoms with E-state index in [1.54, 1.807) is 6.92 Å². The summed E-state index contributed by atoms with van der Waals surface area (Å²) in [5, 5.41) is 0.389. The standard InChI is InChI=1S/C20H24F6N4O2/c1-8-12-14(30(11-3-4-11)18(32)28-17(12)31)9(2)15(13(8)21)29-6-5-10(7-29)16(27)19(22,23)20(24,25)26/h10-11,13,15-16H,3-7,27H2,1-2H3,(H,28,31,32). The third-order valence-corrected chi connectivity index (χ3v) is 6.91. The molecule has 178 valence electrons. The number of H-pyrrole nitrogens is 1. The first-order chi connectivity index (χ1) is 14.8. The molecule has 0 aromatic carbocycles. The molecule has 3 aliphatic rings. The lowest BCUT2D eigenvalue weighted by molar-refractivity contribution is -0.293. The molecule has 0 radical (unpaired) electrons. The molecule has 6 nitrogen and oxygen atoms in total. The average molecular weight is 466 g/mol. The first-order valence-corrected chi connectivity index (χ1v) is 10.4. The number of halogens is 6. The van der Waals surface area contributed by atoms with E-state index in [-0.39, 0.29) is 36.3 Å². The van der Waals surface area contributed by atoms with Crippen molar-refractivity contribution in [3.8, 4) is 0 Å². The molecule has 3 N–H and O–H groups in total. The van der Waals surface area contributed by atoms with Gasteiger partial charge in [-0.2, -0.15) is 22.0 Å². The predicted molar refractivity (Wildman–Crippen MR) is 104 cm³/mol. The highest BCUT2D eigenvalue weighted by Gasteiger charge is 2.63. The maximum atomic E-state index is 15.5. The zero-order chi connectivity index (χ0) is 23.7. The molecule has 2 heterocycles. The molecule has 0 spiro atoms. The molecule has 4 atom stereocenters. The van der Waals surface area contributed by atoms with Crippen molar-refractivity contribution in [1.29, 1.82) is 0 Å². The first kappa shape index (κ1) is 23.1. The Morgan fingerprint density at radius 2 is 1.69 bits per heavy atom. The fraction of sp³-hybridized carbons (Fsp3) is 0.700. The van der Waals surface area contributed by atoms with Crippen molar-refractivity contribution in [2.45, 2.75) is 69.5 Å². The van der Waals surface area contributed by atoms with Crippen LogP contribution in [-0.4, -0.2) is 57.9 Å². The van der Waals surface area contributed by atoms with Crippen LogP contribution in [0.2, 0.25) is 0 Å². The molecule has 1 saturated heterocycles. The lowest BCUT2D eigenvalue weighted by Gasteiger charge is -2.35. The first-order valence-electron chi connectivity index (χ1n) is 10.4. The van der Waals surface area contributed by atoms with Gasteiger partial charge in [0.05, 0.1) is 22.7 Å². The maximum Gasteiger partial charge on any atom is 0.454 e. The van der Waals surface area contributed by atoms with Crippen molar-refractivity contribution in [1.82, 2.24) is 14.5 Å². The van der Waals surface area contributed by atoms with Crippen LogP contribution in [0.1, 0.15) is 39.2 Å². The number of hydrogen-bond donors (Lipinski definition) is 2. The van der Waals surface area contributed by atoms with E-state index in [0.29, 0.717) is 10.9 Å². The van der Waals surface area contributed by atoms with E-state index in [2.05, 4.69) is 4.98 Å². The lowest BCUT2D eigenvalue weighted by atomic mass is 9.90. The molecule has 1 aromatic heterocycles. The molecular weight excluding hydrogens is 442 g/mol. The van der Waals surface area contributed by atoms with Gasteiger partial charge in [0, 0.05) is 12.6 Å². The summed E-state index contributed by atoms with van der Waals surface area (Å²) < 4.78 is 82.7. The molecule has 1 aliphatic heterocycles. The Balaban J connectivity index is 1.75. The van der Waals surface area contributed by atoms with E-state index in [9.17, 15) is 31.5 Å². The molecule has 1 aromatic rings. The Morgan fingerprint density at radius 1 is 1.06 bits per heavy atom. The van der Waals surface area contributed by atoms with Gasteiger partial charge in [-0.15, -0.1) is 0 Å². The van der Waals surface area contributed by atoms with Gasteiger partial charge in [0.2, 0.25) is 0 Å². The number of nitrogens with one attached hydrogen (secondary N) is 1. The van der Waals surface area contributed by atoms with Gasteiger partial charge in [-0.05, 0) is 56.7 Å². The largest absolute Gasteiger partial charge is 0.454 e. The van der Waals surface area contributed by atoms with E-state index >= 15 is 4.39 Å². The van der Waals surface area contributed by atoms with Gasteiger partial charge < -0.3 is 5.73 Å². The number of hydrogen-bond acceptors (Lipinski definition) is 4. The number of aromatic nitrogens is 2. The quantitative estimate of drug-likeness (QED) is 0.643. The van der Waals surface area contributed by atoms with Crippen LogP contribution in [-0.2, 0) is 0 Å². The van der Waals surface area contributed by atoms with Crippen LogP contribution in [0.4, 0.5) is 26.3 Å². The van der Waals surface area contributed by atoms with Crippen LogP contribution >= 0.6 is 0 Å². The van der Waals surface area contributed by atoms with Gasteiger partial charge in [-0.25, -0.2) is 9.18 Å². The van der Waals surface area contributed by atoms with Crippen molar-refractivity contribution in [2.75, 3.05) is 13.1 Å². The lowest BCUT2D eigenvalue weighted by Crippen LogP contribution is -2.61. The highest BCUT2D eigenvalue weighted by Crippen LogP contribution is 2.42. The van der Waals surface area contributed by atoms with Crippen molar-refractivity contribution in [3.05, 3.63) is 31.4 Å². The summed E-state index contributed by atoms with van der Waals surface area (Å²) in [5.74, 6) is -6.26. The summed E-state index contributed by atoms with van der Waals surface area (Å²) in [6, 6.07) is -3.58. The zero-order valence-electron chi connectivity index (χ0n) is 17.5. The minimum atomic E-state index is -5.78. The monoisotopic (exact) mass is 466 g/mol. The van der Waals surface area contributed by atoms with Crippen molar-refractivity contribution < 1.29 is 26.3 Å². The summed E-state index contributed by atoms with van der Waals surface area (Å²) in [6.45, 7) is 2.80. The summed E-state index contributed by atoms with van der Waals surface area (Å²) in [5.41, 5.74) is 4.49. The van der Waals surface area contributed by atoms with E-state index in [4.69, 9.17) is 5.73 Å². The predicted octanol–water partition coefficient (Wildman–Crippen LogP) is 0.780. The number of fused-ring (bicyclic) bond motifs is 1. The molecular formula is C20H24F6N4O2. The van der Waals surface area contributed by atoms with Crippen molar-refractivity contribution >= 4 is 11.1 Å². The summed E-state index contributed by atoms with van der Waals surface area (Å²) in [6.07, 6.45) is -6.07. The Morgan fingerprint density at radius 3 is 2.25 bits per heavy atom. The molecule has 2 aliphatic carbocycles. The molecule has 32 heavy (non-hydrogen) atoms. The van der Waals surface area contributed by atoms with Crippen LogP contribution in [0.3, 0.4) is 0 Å². The molecule has 0 amide bonds. The second kappa shape index (κ2) is 7.47. The van der Waals surface area contributed by atoms with Gasteiger partial charge in [0.1, 0.15) is 6.17 Å². The Labute approximate surface area is 178 Å². The third-order valence-electron chi connectivity index (χ3n) is 6.91. The van der Waals surface area contributed by atoms with Crippen molar-refractivity contribution in [3.63, 3.8) is 0 Å². The van der Waals surface area contributed by atoms with Crippen molar-refractivity contribution in [2.24, 2.45) is 11.7 Å². The molecule has 1 saturated carbocycles. The molecule has 2 fully saturated rings. The number of likely N-dealkylation sites (tertiary alicyclic amines) is 1. The second-order valence-electron chi connectivity index (χ2n) is 8.99. The topological polar surface area (TPSA) is 84.1 Å². The number of nitrogens with two attached hydrogens (primary N) is 1. The van der Waals surface area contributed by atoms with Crippen LogP contribution in [0.25, 0.3) is 11.1 Å². The van der Waals surface area contributed by atoms with Crippen LogP contribution in [0, 0.1) is 5.92 Å². The second-order valence-corrected chi connectivity index (χ2v) is 8.99. The maximum absolute atomic E-state index is 15.5. The van der Waals surface area contributed by atoms with Crippen LogP contribution < -0.4 is 27.6 Å². The number of rotatable bonds is 4. The number of alkyl halides is 6. The van der Waals surface area contributed by atoms with E-state index in [0.717, 1.165) is 12.8 Å². The normalized spacial score (nSPS) is 28.2. The minimum absolute atomic E-state index is 0.0555. The number of aromatic amines is 1. The SMILES string of the molecule is CC1=c2c(=O)[nH]c(=O)n(C3CC3)c2=C(C)C(N2CCC(C(N)C(F)(F)C(F)(F)F)C2)C1F. The summed E-state index contributed by atoms with van der Waals surface area (Å²) in [4.78, 5) is 28.7. The van der Waals surface area contributed by atoms with Gasteiger partial charge >= 0.3 is 17.8 Å².